The van der Waals surface area contributed by atoms with E-state index in [0.29, 0.717) is 11.2 Å². The number of para-hydroxylation sites is 1. The van der Waals surface area contributed by atoms with Gasteiger partial charge in [-0.1, -0.05) is 24.3 Å². The van der Waals surface area contributed by atoms with Gasteiger partial charge in [0.2, 0.25) is 0 Å². The van der Waals surface area contributed by atoms with Crippen molar-refractivity contribution in [2.24, 2.45) is 0 Å². The number of hydrogen-bond acceptors (Lipinski definition) is 3. The van der Waals surface area contributed by atoms with Gasteiger partial charge in [-0.2, -0.15) is 0 Å². The van der Waals surface area contributed by atoms with Crippen molar-refractivity contribution < 1.29 is 4.74 Å². The molecule has 5 nitrogen and oxygen atoms in total. The molecule has 1 aliphatic rings. The summed E-state index contributed by atoms with van der Waals surface area (Å²) >= 11 is 5.86. The van der Waals surface area contributed by atoms with E-state index in [4.69, 9.17) is 17.0 Å². The number of nitrogens with zero attached hydrogens (tertiary/aromatic N) is 3. The fraction of sp³-hybridized carbons (Fsp3) is 0.214. The summed E-state index contributed by atoms with van der Waals surface area (Å²) in [6.07, 6.45) is 3.97. The first kappa shape index (κ1) is 22.2. The summed E-state index contributed by atoms with van der Waals surface area (Å²) in [6, 6.07) is 26.7. The third-order valence-corrected chi connectivity index (χ3v) is 6.52. The smallest absolute Gasteiger partial charge is 0.174 e. The molecule has 0 bridgehead atoms. The van der Waals surface area contributed by atoms with Crippen molar-refractivity contribution in [2.75, 3.05) is 4.90 Å². The molecule has 1 saturated heterocycles. The summed E-state index contributed by atoms with van der Waals surface area (Å²) in [5.41, 5.74) is 4.27. The molecule has 1 fully saturated rings. The average Bonchev–Trinajstić information content (AvgIpc) is 3.46. The lowest BCUT2D eigenvalue weighted by atomic mass is 10.0. The van der Waals surface area contributed by atoms with E-state index in [0.717, 1.165) is 28.4 Å². The molecule has 5 rings (SSSR count). The predicted molar refractivity (Wildman–Crippen MR) is 140 cm³/mol. The predicted octanol–water partition coefficient (Wildman–Crippen LogP) is 6.74. The van der Waals surface area contributed by atoms with Crippen LogP contribution in [0.1, 0.15) is 48.9 Å². The lowest BCUT2D eigenvalue weighted by Crippen LogP contribution is -2.30. The van der Waals surface area contributed by atoms with Crippen molar-refractivity contribution in [2.45, 2.75) is 38.9 Å². The van der Waals surface area contributed by atoms with Crippen LogP contribution in [0.25, 0.3) is 0 Å². The number of ether oxygens (including phenoxy) is 1. The zero-order chi connectivity index (χ0) is 23.7. The second-order valence-corrected chi connectivity index (χ2v) is 9.18. The maximum absolute atomic E-state index is 6.11. The number of pyridine rings is 1. The van der Waals surface area contributed by atoms with Crippen LogP contribution in [0.2, 0.25) is 0 Å². The van der Waals surface area contributed by atoms with E-state index in [1.54, 1.807) is 0 Å². The Kier molecular flexibility index (Phi) is 6.07. The molecule has 0 amide bonds. The van der Waals surface area contributed by atoms with Crippen molar-refractivity contribution in [1.82, 2.24) is 14.9 Å². The van der Waals surface area contributed by atoms with Crippen LogP contribution in [0.3, 0.4) is 0 Å². The van der Waals surface area contributed by atoms with E-state index in [9.17, 15) is 0 Å². The number of anilines is 1. The van der Waals surface area contributed by atoms with Crippen molar-refractivity contribution in [3.63, 3.8) is 0 Å². The average molecular weight is 469 g/mol. The monoisotopic (exact) mass is 468 g/mol. The number of benzene rings is 2. The van der Waals surface area contributed by atoms with Gasteiger partial charge in [0.1, 0.15) is 17.5 Å². The fourth-order valence-electron chi connectivity index (χ4n) is 4.53. The van der Waals surface area contributed by atoms with Gasteiger partial charge in [0.15, 0.2) is 5.11 Å². The minimum Gasteiger partial charge on any atom is -0.457 e. The van der Waals surface area contributed by atoms with Gasteiger partial charge >= 0.3 is 0 Å². The fourth-order valence-corrected chi connectivity index (χ4v) is 4.88. The zero-order valence-electron chi connectivity index (χ0n) is 19.6. The third kappa shape index (κ3) is 4.17. The van der Waals surface area contributed by atoms with Crippen LogP contribution in [0.15, 0.2) is 91.3 Å². The van der Waals surface area contributed by atoms with E-state index in [-0.39, 0.29) is 12.1 Å². The van der Waals surface area contributed by atoms with Crippen molar-refractivity contribution in [3.8, 4) is 11.5 Å². The Bertz CT molecular complexity index is 1280. The largest absolute Gasteiger partial charge is 0.457 e. The summed E-state index contributed by atoms with van der Waals surface area (Å²) in [4.78, 5) is 6.84. The summed E-state index contributed by atoms with van der Waals surface area (Å²) in [6.45, 7) is 6.44. The Labute approximate surface area is 206 Å². The molecule has 0 spiro atoms. The van der Waals surface area contributed by atoms with E-state index >= 15 is 0 Å². The van der Waals surface area contributed by atoms with E-state index in [1.165, 1.54) is 5.69 Å². The molecular weight excluding hydrogens is 440 g/mol. The number of hydrogen-bond donors (Lipinski definition) is 1. The molecule has 0 aliphatic carbocycles. The summed E-state index contributed by atoms with van der Waals surface area (Å²) in [5.74, 6) is 1.65. The van der Waals surface area contributed by atoms with Crippen LogP contribution < -0.4 is 15.0 Å². The normalized spacial score (nSPS) is 17.8. The maximum Gasteiger partial charge on any atom is 0.174 e. The topological polar surface area (TPSA) is 42.3 Å². The molecule has 2 atom stereocenters. The number of aryl methyl sites for hydroxylation is 1. The van der Waals surface area contributed by atoms with E-state index in [1.807, 2.05) is 61.7 Å². The van der Waals surface area contributed by atoms with Gasteiger partial charge in [0.25, 0.3) is 0 Å². The second kappa shape index (κ2) is 9.31. The molecule has 34 heavy (non-hydrogen) atoms. The van der Waals surface area contributed by atoms with Crippen LogP contribution in [-0.4, -0.2) is 14.7 Å². The molecule has 3 heterocycles. The number of rotatable bonds is 6. The van der Waals surface area contributed by atoms with Crippen LogP contribution in [0, 0.1) is 6.92 Å². The Morgan fingerprint density at radius 3 is 2.41 bits per heavy atom. The van der Waals surface area contributed by atoms with Crippen LogP contribution in [0.5, 0.6) is 11.5 Å². The lowest BCUT2D eigenvalue weighted by Gasteiger charge is -2.30. The Hall–Kier alpha value is -3.64. The molecule has 172 valence electrons. The van der Waals surface area contributed by atoms with E-state index < -0.39 is 0 Å². The molecule has 6 heteroatoms. The highest BCUT2D eigenvalue weighted by Crippen LogP contribution is 2.42. The molecule has 2 aromatic carbocycles. The second-order valence-electron chi connectivity index (χ2n) is 8.79. The Morgan fingerprint density at radius 1 is 0.941 bits per heavy atom. The van der Waals surface area contributed by atoms with Crippen molar-refractivity contribution >= 4 is 23.0 Å². The molecule has 4 aromatic rings. The zero-order valence-corrected chi connectivity index (χ0v) is 20.4. The highest BCUT2D eigenvalue weighted by molar-refractivity contribution is 7.80. The summed E-state index contributed by atoms with van der Waals surface area (Å²) in [5, 5.41) is 4.22. The first-order chi connectivity index (χ1) is 16.5. The molecule has 1 N–H and O–H groups in total. The van der Waals surface area contributed by atoms with Gasteiger partial charge in [-0.25, -0.2) is 0 Å². The SMILES string of the molecule is Cc1ccccc1Oc1ccc(N2C(=S)N[C@@H](c3ccccn3)[C@H]2c2cccn2C(C)C)cc1. The first-order valence-corrected chi connectivity index (χ1v) is 11.9. The molecule has 0 unspecified atom stereocenters. The quantitative estimate of drug-likeness (QED) is 0.317. The molecule has 2 aromatic heterocycles. The van der Waals surface area contributed by atoms with Gasteiger partial charge in [0, 0.05) is 29.8 Å². The minimum absolute atomic E-state index is 0.0389. The number of aromatic nitrogens is 2. The number of thiocarbonyl (C=S) groups is 1. The van der Waals surface area contributed by atoms with Crippen LogP contribution in [-0.2, 0) is 0 Å². The summed E-state index contributed by atoms with van der Waals surface area (Å²) in [7, 11) is 0. The molecule has 0 saturated carbocycles. The van der Waals surface area contributed by atoms with Crippen molar-refractivity contribution in [3.05, 3.63) is 108 Å². The van der Waals surface area contributed by atoms with Gasteiger partial charge in [-0.3, -0.25) is 4.98 Å². The van der Waals surface area contributed by atoms with Crippen molar-refractivity contribution in [1.29, 1.82) is 0 Å². The Morgan fingerprint density at radius 2 is 1.71 bits per heavy atom. The van der Waals surface area contributed by atoms with Gasteiger partial charge in [-0.05, 0) is 93.1 Å². The van der Waals surface area contributed by atoms with Gasteiger partial charge in [-0.15, -0.1) is 0 Å². The van der Waals surface area contributed by atoms with Gasteiger partial charge in [0.05, 0.1) is 11.7 Å². The molecule has 1 aliphatic heterocycles. The summed E-state index contributed by atoms with van der Waals surface area (Å²) < 4.78 is 8.42. The Balaban J connectivity index is 1.51. The highest BCUT2D eigenvalue weighted by atomic mass is 32.1. The minimum atomic E-state index is -0.0657. The highest BCUT2D eigenvalue weighted by Gasteiger charge is 2.42. The lowest BCUT2D eigenvalue weighted by molar-refractivity contribution is 0.478. The van der Waals surface area contributed by atoms with Crippen LogP contribution in [0.4, 0.5) is 5.69 Å². The standard InChI is InChI=1S/C28H28N4OS/c1-19(2)31-18-8-11-24(31)27-26(23-10-6-7-17-29-23)30-28(34)32(27)21-13-15-22(16-14-21)33-25-12-5-4-9-20(25)3/h4-19,26-27H,1-3H3,(H,30,34)/t26-,27+/m0/s1. The molecular formula is C28H28N4OS. The van der Waals surface area contributed by atoms with Crippen LogP contribution >= 0.6 is 12.2 Å². The maximum atomic E-state index is 6.11. The molecule has 0 radical (unpaired) electrons. The van der Waals surface area contributed by atoms with E-state index in [2.05, 4.69) is 70.1 Å². The van der Waals surface area contributed by atoms with Gasteiger partial charge < -0.3 is 19.5 Å². The first-order valence-electron chi connectivity index (χ1n) is 11.5. The number of nitrogens with one attached hydrogen (secondary N) is 1. The third-order valence-electron chi connectivity index (χ3n) is 6.21.